The Morgan fingerprint density at radius 1 is 1.20 bits per heavy atom. The topological polar surface area (TPSA) is 67.6 Å². The lowest BCUT2D eigenvalue weighted by Crippen LogP contribution is -2.28. The smallest absolute Gasteiger partial charge is 0.299 e. The SMILES string of the molecule is O=Cc1ccc(CN2C(=O)C(=O)c3cc(F)ccc32)o1. The number of hydrogen-bond donors (Lipinski definition) is 0. The van der Waals surface area contributed by atoms with Crippen molar-refractivity contribution in [2.45, 2.75) is 6.54 Å². The Balaban J connectivity index is 1.96. The number of ketones is 1. The summed E-state index contributed by atoms with van der Waals surface area (Å²) in [4.78, 5) is 35.4. The molecule has 20 heavy (non-hydrogen) atoms. The third-order valence-corrected chi connectivity index (χ3v) is 3.05. The molecule has 3 rings (SSSR count). The summed E-state index contributed by atoms with van der Waals surface area (Å²) in [7, 11) is 0. The maximum absolute atomic E-state index is 13.1. The molecule has 0 bridgehead atoms. The largest absolute Gasteiger partial charge is 0.456 e. The molecule has 0 unspecified atom stereocenters. The summed E-state index contributed by atoms with van der Waals surface area (Å²) in [5, 5.41) is 0. The number of anilines is 1. The van der Waals surface area contributed by atoms with Crippen LogP contribution in [0.2, 0.25) is 0 Å². The van der Waals surface area contributed by atoms with Crippen LogP contribution in [0, 0.1) is 5.82 Å². The minimum Gasteiger partial charge on any atom is -0.456 e. The first-order valence-electron chi connectivity index (χ1n) is 5.80. The number of halogens is 1. The van der Waals surface area contributed by atoms with E-state index in [-0.39, 0.29) is 17.9 Å². The molecule has 1 aliphatic heterocycles. The molecule has 0 saturated heterocycles. The first-order chi connectivity index (χ1) is 9.60. The van der Waals surface area contributed by atoms with E-state index < -0.39 is 17.5 Å². The number of aldehydes is 1. The van der Waals surface area contributed by atoms with Gasteiger partial charge in [-0.05, 0) is 30.3 Å². The van der Waals surface area contributed by atoms with Crippen LogP contribution < -0.4 is 4.90 Å². The standard InChI is InChI=1S/C14H8FNO4/c15-8-1-4-12-11(5-8)13(18)14(19)16(12)6-9-2-3-10(7-17)20-9/h1-5,7H,6H2. The predicted octanol–water partition coefficient (Wildman–Crippen LogP) is 1.96. The third-order valence-electron chi connectivity index (χ3n) is 3.05. The van der Waals surface area contributed by atoms with Crippen molar-refractivity contribution in [2.24, 2.45) is 0 Å². The zero-order chi connectivity index (χ0) is 14.3. The normalized spacial score (nSPS) is 13.8. The second kappa shape index (κ2) is 4.41. The minimum atomic E-state index is -0.748. The van der Waals surface area contributed by atoms with Gasteiger partial charge < -0.3 is 4.42 Å². The molecule has 0 fully saturated rings. The number of furan rings is 1. The van der Waals surface area contributed by atoms with Crippen molar-refractivity contribution in [3.05, 3.63) is 53.2 Å². The molecule has 0 aliphatic carbocycles. The van der Waals surface area contributed by atoms with Crippen molar-refractivity contribution in [1.29, 1.82) is 0 Å². The van der Waals surface area contributed by atoms with E-state index >= 15 is 0 Å². The predicted molar refractivity (Wildman–Crippen MR) is 66.0 cm³/mol. The summed E-state index contributed by atoms with van der Waals surface area (Å²) < 4.78 is 18.3. The van der Waals surface area contributed by atoms with E-state index in [0.717, 1.165) is 6.07 Å². The molecular formula is C14H8FNO4. The minimum absolute atomic E-state index is 0.0110. The number of nitrogens with zero attached hydrogens (tertiary/aromatic N) is 1. The zero-order valence-corrected chi connectivity index (χ0v) is 10.1. The lowest BCUT2D eigenvalue weighted by molar-refractivity contribution is -0.114. The van der Waals surface area contributed by atoms with Crippen LogP contribution in [0.15, 0.2) is 34.7 Å². The fourth-order valence-electron chi connectivity index (χ4n) is 2.13. The van der Waals surface area contributed by atoms with E-state index in [9.17, 15) is 18.8 Å². The highest BCUT2D eigenvalue weighted by Crippen LogP contribution is 2.31. The van der Waals surface area contributed by atoms with Crippen LogP contribution in [-0.4, -0.2) is 18.0 Å². The van der Waals surface area contributed by atoms with E-state index in [4.69, 9.17) is 4.42 Å². The van der Waals surface area contributed by atoms with Crippen LogP contribution in [0.5, 0.6) is 0 Å². The van der Waals surface area contributed by atoms with E-state index in [0.29, 0.717) is 17.7 Å². The molecule has 100 valence electrons. The monoisotopic (exact) mass is 273 g/mol. The zero-order valence-electron chi connectivity index (χ0n) is 10.1. The Labute approximate surface area is 112 Å². The lowest BCUT2D eigenvalue weighted by atomic mass is 10.1. The molecular weight excluding hydrogens is 265 g/mol. The van der Waals surface area contributed by atoms with Crippen molar-refractivity contribution in [1.82, 2.24) is 0 Å². The van der Waals surface area contributed by atoms with Crippen molar-refractivity contribution in [2.75, 3.05) is 4.90 Å². The van der Waals surface area contributed by atoms with Gasteiger partial charge in [-0.1, -0.05) is 0 Å². The lowest BCUT2D eigenvalue weighted by Gasteiger charge is -2.14. The van der Waals surface area contributed by atoms with Gasteiger partial charge in [-0.15, -0.1) is 0 Å². The molecule has 0 N–H and O–H groups in total. The molecule has 2 aromatic rings. The Morgan fingerprint density at radius 3 is 2.70 bits per heavy atom. The second-order valence-corrected chi connectivity index (χ2v) is 4.30. The van der Waals surface area contributed by atoms with Gasteiger partial charge in [0, 0.05) is 0 Å². The highest BCUT2D eigenvalue weighted by atomic mass is 19.1. The summed E-state index contributed by atoms with van der Waals surface area (Å²) in [6.07, 6.45) is 0.545. The van der Waals surface area contributed by atoms with Gasteiger partial charge >= 0.3 is 0 Å². The molecule has 5 nitrogen and oxygen atoms in total. The Morgan fingerprint density at radius 2 is 2.00 bits per heavy atom. The van der Waals surface area contributed by atoms with Crippen LogP contribution in [-0.2, 0) is 11.3 Å². The fraction of sp³-hybridized carbons (Fsp3) is 0.0714. The molecule has 1 aliphatic rings. The van der Waals surface area contributed by atoms with E-state index in [1.54, 1.807) is 6.07 Å². The van der Waals surface area contributed by atoms with Gasteiger partial charge in [0.2, 0.25) is 0 Å². The molecule has 0 atom stereocenters. The molecule has 0 radical (unpaired) electrons. The van der Waals surface area contributed by atoms with Crippen molar-refractivity contribution in [3.63, 3.8) is 0 Å². The first kappa shape index (κ1) is 12.3. The van der Waals surface area contributed by atoms with Gasteiger partial charge in [0.1, 0.15) is 11.6 Å². The number of benzene rings is 1. The number of rotatable bonds is 3. The number of amides is 1. The quantitative estimate of drug-likeness (QED) is 0.633. The van der Waals surface area contributed by atoms with Crippen LogP contribution in [0.1, 0.15) is 26.7 Å². The highest BCUT2D eigenvalue weighted by Gasteiger charge is 2.36. The van der Waals surface area contributed by atoms with Crippen molar-refractivity contribution in [3.8, 4) is 0 Å². The number of carbonyl (C=O) groups excluding carboxylic acids is 3. The van der Waals surface area contributed by atoms with Gasteiger partial charge in [0.05, 0.1) is 17.8 Å². The molecule has 0 spiro atoms. The van der Waals surface area contributed by atoms with Gasteiger partial charge in [-0.3, -0.25) is 19.3 Å². The number of carbonyl (C=O) groups is 3. The molecule has 2 heterocycles. The average molecular weight is 273 g/mol. The highest BCUT2D eigenvalue weighted by molar-refractivity contribution is 6.52. The maximum Gasteiger partial charge on any atom is 0.299 e. The van der Waals surface area contributed by atoms with Gasteiger partial charge in [-0.25, -0.2) is 4.39 Å². The number of Topliss-reactive ketones (excluding diaryl/α,β-unsaturated/α-hetero) is 1. The summed E-state index contributed by atoms with van der Waals surface area (Å²) >= 11 is 0. The first-order valence-corrected chi connectivity index (χ1v) is 5.80. The van der Waals surface area contributed by atoms with E-state index in [2.05, 4.69) is 0 Å². The summed E-state index contributed by atoms with van der Waals surface area (Å²) in [5.41, 5.74) is 0.377. The molecule has 6 heteroatoms. The van der Waals surface area contributed by atoms with Crippen molar-refractivity contribution >= 4 is 23.7 Å². The van der Waals surface area contributed by atoms with Gasteiger partial charge in [-0.2, -0.15) is 0 Å². The van der Waals surface area contributed by atoms with Crippen LogP contribution >= 0.6 is 0 Å². The van der Waals surface area contributed by atoms with Crippen molar-refractivity contribution < 1.29 is 23.2 Å². The molecule has 1 aromatic carbocycles. The summed E-state index contributed by atoms with van der Waals surface area (Å²) in [6.45, 7) is 0.0110. The Bertz CT molecular complexity index is 735. The number of hydrogen-bond acceptors (Lipinski definition) is 4. The van der Waals surface area contributed by atoms with Gasteiger partial charge in [0.15, 0.2) is 12.0 Å². The fourth-order valence-corrected chi connectivity index (χ4v) is 2.13. The van der Waals surface area contributed by atoms with Crippen LogP contribution in [0.25, 0.3) is 0 Å². The molecule has 1 amide bonds. The molecule has 1 aromatic heterocycles. The van der Waals surface area contributed by atoms with Crippen LogP contribution in [0.3, 0.4) is 0 Å². The second-order valence-electron chi connectivity index (χ2n) is 4.30. The average Bonchev–Trinajstić information content (AvgIpc) is 2.99. The van der Waals surface area contributed by atoms with E-state index in [1.807, 2.05) is 0 Å². The maximum atomic E-state index is 13.1. The number of fused-ring (bicyclic) bond motifs is 1. The Hall–Kier alpha value is -2.76. The molecule has 0 saturated carbocycles. The third kappa shape index (κ3) is 1.82. The summed E-state index contributed by atoms with van der Waals surface area (Å²) in [5.74, 6) is -1.56. The Kier molecular flexibility index (Phi) is 2.71. The van der Waals surface area contributed by atoms with E-state index in [1.165, 1.54) is 23.1 Å². The summed E-state index contributed by atoms with van der Waals surface area (Å²) in [6, 6.07) is 6.60. The van der Waals surface area contributed by atoms with Crippen LogP contribution in [0.4, 0.5) is 10.1 Å². The van der Waals surface area contributed by atoms with Gasteiger partial charge in [0.25, 0.3) is 11.7 Å².